The number of nitrogen functional groups attached to an aromatic ring is 1. The summed E-state index contributed by atoms with van der Waals surface area (Å²) in [6.07, 6.45) is 0. The van der Waals surface area contributed by atoms with Crippen LogP contribution in [0.1, 0.15) is 0 Å². The minimum Gasteiger partial charge on any atom is -0.395 e. The average molecular weight is 172 g/mol. The predicted molar refractivity (Wildman–Crippen MR) is 44.0 cm³/mol. The van der Waals surface area contributed by atoms with Gasteiger partial charge in [0.05, 0.1) is 5.69 Å². The quantitative estimate of drug-likeness (QED) is 0.515. The maximum atomic E-state index is 12.5. The normalized spacial score (nSPS) is 11.3. The first-order valence-electron chi connectivity index (χ1n) is 3.07. The lowest BCUT2D eigenvalue weighted by atomic mass is 10.3. The fourth-order valence-electron chi connectivity index (χ4n) is 0.790. The largest absolute Gasteiger partial charge is 0.395 e. The molecule has 58 valence electrons. The fourth-order valence-corrected chi connectivity index (χ4v) is 1.53. The van der Waals surface area contributed by atoms with E-state index < -0.39 is 13.6 Å². The summed E-state index contributed by atoms with van der Waals surface area (Å²) in [6.45, 7) is 1.50. The molecule has 1 unspecified atom stereocenters. The van der Waals surface area contributed by atoms with Crippen LogP contribution < -0.4 is 11.0 Å². The van der Waals surface area contributed by atoms with E-state index in [-0.39, 0.29) is 0 Å². The van der Waals surface area contributed by atoms with E-state index in [0.717, 1.165) is 0 Å². The molecule has 11 heavy (non-hydrogen) atoms. The number of nitrogens with two attached hydrogens (primary N) is 1. The molecule has 0 bridgehead atoms. The summed E-state index contributed by atoms with van der Waals surface area (Å²) < 4.78 is 23.4. The van der Waals surface area contributed by atoms with Crippen molar-refractivity contribution in [3.8, 4) is 0 Å². The van der Waals surface area contributed by atoms with Crippen LogP contribution in [0.3, 0.4) is 0 Å². The van der Waals surface area contributed by atoms with E-state index in [2.05, 4.69) is 0 Å². The number of rotatable bonds is 1. The summed E-state index contributed by atoms with van der Waals surface area (Å²) >= 11 is 0. The monoisotopic (exact) mass is 172 g/mol. The molecule has 0 aliphatic rings. The third-order valence-electron chi connectivity index (χ3n) is 1.33. The van der Waals surface area contributed by atoms with E-state index in [4.69, 9.17) is 5.73 Å². The Morgan fingerprint density at radius 1 is 1.55 bits per heavy atom. The molecule has 1 aromatic carbocycles. The van der Waals surface area contributed by atoms with E-state index in [0.29, 0.717) is 11.0 Å². The van der Waals surface area contributed by atoms with E-state index in [1.54, 1.807) is 0 Å². The third kappa shape index (κ3) is 1.75. The van der Waals surface area contributed by atoms with E-state index >= 15 is 0 Å². The Morgan fingerprint density at radius 2 is 2.18 bits per heavy atom. The summed E-state index contributed by atoms with van der Waals surface area (Å²) in [7, 11) is -1.55. The van der Waals surface area contributed by atoms with E-state index in [9.17, 15) is 8.96 Å². The van der Waals surface area contributed by atoms with Crippen LogP contribution in [0.5, 0.6) is 0 Å². The van der Waals surface area contributed by atoms with E-state index in [1.165, 1.54) is 24.9 Å². The average Bonchev–Trinajstić information content (AvgIpc) is 1.94. The molecule has 0 amide bonds. The molecule has 0 heterocycles. The number of hydrogen-bond acceptors (Lipinski definition) is 2. The van der Waals surface area contributed by atoms with Crippen LogP contribution in [0.25, 0.3) is 0 Å². The van der Waals surface area contributed by atoms with Gasteiger partial charge in [-0.2, -0.15) is 0 Å². The molecular weight excluding hydrogens is 164 g/mol. The van der Waals surface area contributed by atoms with Crippen molar-refractivity contribution in [3.05, 3.63) is 24.0 Å². The third-order valence-corrected chi connectivity index (χ3v) is 2.40. The lowest BCUT2D eigenvalue weighted by molar-refractivity contribution is 0.595. The van der Waals surface area contributed by atoms with Crippen LogP contribution in [0, 0.1) is 5.82 Å². The van der Waals surface area contributed by atoms with Crippen molar-refractivity contribution in [1.29, 1.82) is 0 Å². The van der Waals surface area contributed by atoms with Gasteiger partial charge in [0.15, 0.2) is 0 Å². The number of hydrogen-bond donors (Lipinski definition) is 1. The Morgan fingerprint density at radius 3 is 2.64 bits per heavy atom. The molecule has 0 spiro atoms. The molecule has 0 saturated heterocycles. The highest BCUT2D eigenvalue weighted by molar-refractivity contribution is 7.53. The molecule has 1 rings (SSSR count). The Hall–Kier alpha value is -0.950. The lowest BCUT2D eigenvalue weighted by Crippen LogP contribution is -2.05. The van der Waals surface area contributed by atoms with Crippen molar-refractivity contribution >= 4 is 18.8 Å². The molecule has 1 atom stereocenters. The molecule has 0 radical (unpaired) electrons. The summed E-state index contributed by atoms with van der Waals surface area (Å²) in [4.78, 5) is 0. The van der Waals surface area contributed by atoms with Crippen LogP contribution in [-0.2, 0) is 4.57 Å². The Bertz CT molecular complexity index is 300. The van der Waals surface area contributed by atoms with Gasteiger partial charge in [0.1, 0.15) is 12.5 Å². The zero-order valence-electron chi connectivity index (χ0n) is 6.04. The van der Waals surface area contributed by atoms with Crippen LogP contribution in [0.4, 0.5) is 10.1 Å². The van der Waals surface area contributed by atoms with Crippen LogP contribution in [-0.4, -0.2) is 6.66 Å². The Labute approximate surface area is 65.0 Å². The van der Waals surface area contributed by atoms with Crippen LogP contribution in [0.15, 0.2) is 18.2 Å². The van der Waals surface area contributed by atoms with Crippen LogP contribution >= 0.6 is 7.80 Å². The summed E-state index contributed by atoms with van der Waals surface area (Å²) in [5, 5.41) is 0.389. The minimum absolute atomic E-state index is 0.384. The molecule has 2 nitrogen and oxygen atoms in total. The van der Waals surface area contributed by atoms with E-state index in [1.807, 2.05) is 0 Å². The van der Waals surface area contributed by atoms with Gasteiger partial charge < -0.3 is 5.73 Å². The molecule has 4 heteroatoms. The van der Waals surface area contributed by atoms with Gasteiger partial charge in [-0.25, -0.2) is 4.39 Å². The van der Waals surface area contributed by atoms with Crippen molar-refractivity contribution < 1.29 is 8.96 Å². The van der Waals surface area contributed by atoms with Gasteiger partial charge in [-0.1, -0.05) is 4.57 Å². The van der Waals surface area contributed by atoms with Gasteiger partial charge in [0.2, 0.25) is 5.30 Å². The molecule has 2 N–H and O–H groups in total. The fraction of sp³-hybridized carbons (Fsp3) is 0.143. The van der Waals surface area contributed by atoms with Crippen molar-refractivity contribution in [1.82, 2.24) is 0 Å². The molecular formula is C7H8FNOP+. The Kier molecular flexibility index (Phi) is 2.20. The first-order valence-corrected chi connectivity index (χ1v) is 4.78. The lowest BCUT2D eigenvalue weighted by Gasteiger charge is -1.92. The number of benzene rings is 1. The Balaban J connectivity index is 3.23. The first-order chi connectivity index (χ1) is 5.11. The van der Waals surface area contributed by atoms with Crippen LogP contribution in [0.2, 0.25) is 0 Å². The van der Waals surface area contributed by atoms with Gasteiger partial charge in [0, 0.05) is 6.07 Å². The second-order valence-electron chi connectivity index (χ2n) is 2.20. The van der Waals surface area contributed by atoms with Crippen molar-refractivity contribution in [2.75, 3.05) is 12.4 Å². The van der Waals surface area contributed by atoms with Crippen molar-refractivity contribution in [3.63, 3.8) is 0 Å². The standard InChI is InChI=1S/C7H8FNOP/c1-11(10)7-4-5(8)2-3-6(7)9/h2-4H,9H2,1H3/q+1. The molecule has 0 aromatic heterocycles. The zero-order chi connectivity index (χ0) is 8.43. The summed E-state index contributed by atoms with van der Waals surface area (Å²) in [6, 6.07) is 3.87. The number of anilines is 1. The summed E-state index contributed by atoms with van der Waals surface area (Å²) in [5.74, 6) is -0.403. The molecule has 0 fully saturated rings. The highest BCUT2D eigenvalue weighted by Crippen LogP contribution is 2.18. The topological polar surface area (TPSA) is 43.1 Å². The minimum atomic E-state index is -1.55. The van der Waals surface area contributed by atoms with Gasteiger partial charge in [-0.15, -0.1) is 0 Å². The second-order valence-corrected chi connectivity index (χ2v) is 3.68. The molecule has 0 aliphatic heterocycles. The smallest absolute Gasteiger partial charge is 0.376 e. The molecule has 0 aliphatic carbocycles. The SMILES string of the molecule is C[P+](=O)c1cc(F)ccc1N. The summed E-state index contributed by atoms with van der Waals surface area (Å²) in [5.41, 5.74) is 5.82. The second kappa shape index (κ2) is 2.97. The zero-order valence-corrected chi connectivity index (χ0v) is 6.94. The van der Waals surface area contributed by atoms with Gasteiger partial charge in [-0.05, 0) is 12.1 Å². The first kappa shape index (κ1) is 8.15. The van der Waals surface area contributed by atoms with Gasteiger partial charge in [0.25, 0.3) is 0 Å². The van der Waals surface area contributed by atoms with Gasteiger partial charge in [-0.3, -0.25) is 0 Å². The van der Waals surface area contributed by atoms with Crippen molar-refractivity contribution in [2.45, 2.75) is 0 Å². The predicted octanol–water partition coefficient (Wildman–Crippen LogP) is 1.49. The highest BCUT2D eigenvalue weighted by Gasteiger charge is 2.16. The molecule has 0 saturated carbocycles. The van der Waals surface area contributed by atoms with Gasteiger partial charge >= 0.3 is 7.80 Å². The van der Waals surface area contributed by atoms with Crippen molar-refractivity contribution in [2.24, 2.45) is 0 Å². The number of halogens is 1. The maximum Gasteiger partial charge on any atom is 0.376 e. The highest BCUT2D eigenvalue weighted by atomic mass is 31.1. The molecule has 1 aromatic rings. The maximum absolute atomic E-state index is 12.5.